The zero-order valence-electron chi connectivity index (χ0n) is 22.5. The van der Waals surface area contributed by atoms with E-state index in [1.807, 2.05) is 61.5 Å². The van der Waals surface area contributed by atoms with Crippen LogP contribution in [0.15, 0.2) is 76.2 Å². The Balaban J connectivity index is 1.77. The predicted octanol–water partition coefficient (Wildman–Crippen LogP) is 4.65. The van der Waals surface area contributed by atoms with Crippen LogP contribution in [0.5, 0.6) is 0 Å². The molecule has 3 aromatic carbocycles. The summed E-state index contributed by atoms with van der Waals surface area (Å²) in [5, 5.41) is 12.1. The van der Waals surface area contributed by atoms with E-state index in [1.165, 1.54) is 10.6 Å². The van der Waals surface area contributed by atoms with Crippen molar-refractivity contribution >= 4 is 60.6 Å². The lowest BCUT2D eigenvalue weighted by Crippen LogP contribution is -2.35. The average molecular weight is 628 g/mol. The number of carbonyl (C=O) groups is 2. The fraction of sp³-hybridized carbons (Fsp3) is 0.276. The van der Waals surface area contributed by atoms with Gasteiger partial charge in [-0.3, -0.25) is 18.9 Å². The summed E-state index contributed by atoms with van der Waals surface area (Å²) in [5.74, 6) is -1.79. The van der Waals surface area contributed by atoms with E-state index in [-0.39, 0.29) is 12.3 Å². The molecule has 0 radical (unpaired) electrons. The number of hydrogen-bond donors (Lipinski definition) is 2. The van der Waals surface area contributed by atoms with E-state index >= 15 is 0 Å². The van der Waals surface area contributed by atoms with Crippen LogP contribution in [0.2, 0.25) is 0 Å². The molecular formula is C29H31BrN4O5S. The van der Waals surface area contributed by atoms with Crippen molar-refractivity contribution in [2.24, 2.45) is 4.99 Å². The second kappa shape index (κ2) is 12.3. The molecular weight excluding hydrogens is 596 g/mol. The quantitative estimate of drug-likeness (QED) is 0.299. The van der Waals surface area contributed by atoms with Crippen molar-refractivity contribution in [3.8, 4) is 0 Å². The summed E-state index contributed by atoms with van der Waals surface area (Å²) in [5.41, 5.74) is 4.58. The first-order valence-corrected chi connectivity index (χ1v) is 15.3. The van der Waals surface area contributed by atoms with Crippen molar-refractivity contribution in [3.05, 3.63) is 87.9 Å². The van der Waals surface area contributed by atoms with Gasteiger partial charge < -0.3 is 15.3 Å². The third-order valence-corrected chi connectivity index (χ3v) is 8.20. The van der Waals surface area contributed by atoms with Gasteiger partial charge in [0.2, 0.25) is 15.9 Å². The molecule has 0 saturated carbocycles. The highest BCUT2D eigenvalue weighted by Gasteiger charge is 2.35. The lowest BCUT2D eigenvalue weighted by molar-refractivity contribution is -0.137. The van der Waals surface area contributed by atoms with E-state index in [1.54, 1.807) is 24.3 Å². The van der Waals surface area contributed by atoms with Crippen LogP contribution in [0.3, 0.4) is 0 Å². The number of aliphatic carboxylic acids is 1. The van der Waals surface area contributed by atoms with Crippen molar-refractivity contribution in [2.45, 2.75) is 18.8 Å². The summed E-state index contributed by atoms with van der Waals surface area (Å²) in [6, 6.07) is 19.9. The highest BCUT2D eigenvalue weighted by Crippen LogP contribution is 2.38. The maximum Gasteiger partial charge on any atom is 0.303 e. The number of carboxylic acids is 1. The van der Waals surface area contributed by atoms with E-state index in [0.29, 0.717) is 47.8 Å². The summed E-state index contributed by atoms with van der Waals surface area (Å²) >= 11 is 3.45. The van der Waals surface area contributed by atoms with Gasteiger partial charge in [0.25, 0.3) is 0 Å². The van der Waals surface area contributed by atoms with Gasteiger partial charge in [-0.15, -0.1) is 0 Å². The molecule has 1 atom stereocenters. The maximum atomic E-state index is 13.3. The number of aliphatic imine (C=N–C) groups is 1. The molecule has 9 nitrogen and oxygen atoms in total. The highest BCUT2D eigenvalue weighted by molar-refractivity contribution is 9.10. The SMILES string of the molecule is CN(C)CCN(c1ccc(N=C(c2cccc(CCC(=O)O)c2)C2C(=O)Nc3cc(Br)ccc32)cc1)S(C)(=O)=O. The molecule has 0 spiro atoms. The van der Waals surface area contributed by atoms with Gasteiger partial charge in [-0.1, -0.05) is 40.2 Å². The Bertz CT molecular complexity index is 1550. The number of likely N-dealkylation sites (N-methyl/N-ethyl adjacent to an activating group) is 1. The molecule has 0 saturated heterocycles. The number of carboxylic acid groups (broad SMARTS) is 1. The summed E-state index contributed by atoms with van der Waals surface area (Å²) < 4.78 is 27.1. The van der Waals surface area contributed by atoms with Crippen LogP contribution >= 0.6 is 15.9 Å². The molecule has 0 aromatic heterocycles. The summed E-state index contributed by atoms with van der Waals surface area (Å²) in [4.78, 5) is 31.2. The fourth-order valence-corrected chi connectivity index (χ4v) is 5.83. The van der Waals surface area contributed by atoms with Crippen molar-refractivity contribution in [2.75, 3.05) is 43.1 Å². The molecule has 40 heavy (non-hydrogen) atoms. The second-order valence-electron chi connectivity index (χ2n) is 9.90. The van der Waals surface area contributed by atoms with Gasteiger partial charge in [0, 0.05) is 29.7 Å². The third kappa shape index (κ3) is 7.15. The van der Waals surface area contributed by atoms with Crippen LogP contribution in [0.4, 0.5) is 17.1 Å². The number of fused-ring (bicyclic) bond motifs is 1. The molecule has 1 aliphatic heterocycles. The number of aryl methyl sites for hydroxylation is 1. The molecule has 1 aliphatic rings. The molecule has 0 bridgehead atoms. The highest BCUT2D eigenvalue weighted by atomic mass is 79.9. The number of rotatable bonds is 11. The van der Waals surface area contributed by atoms with E-state index in [9.17, 15) is 18.0 Å². The minimum absolute atomic E-state index is 0.0111. The molecule has 2 N–H and O–H groups in total. The molecule has 1 amide bonds. The molecule has 11 heteroatoms. The van der Waals surface area contributed by atoms with Crippen LogP contribution in [-0.2, 0) is 26.0 Å². The summed E-state index contributed by atoms with van der Waals surface area (Å²) in [6.45, 7) is 0.860. The van der Waals surface area contributed by atoms with E-state index in [0.717, 1.165) is 15.6 Å². The molecule has 1 unspecified atom stereocenters. The van der Waals surface area contributed by atoms with Gasteiger partial charge in [0.15, 0.2) is 0 Å². The van der Waals surface area contributed by atoms with E-state index < -0.39 is 21.9 Å². The third-order valence-electron chi connectivity index (χ3n) is 6.51. The average Bonchev–Trinajstić information content (AvgIpc) is 3.20. The number of benzene rings is 3. The van der Waals surface area contributed by atoms with E-state index in [2.05, 4.69) is 21.2 Å². The Labute approximate surface area is 242 Å². The number of hydrogen-bond acceptors (Lipinski definition) is 6. The van der Waals surface area contributed by atoms with Crippen LogP contribution in [0.1, 0.15) is 29.0 Å². The summed E-state index contributed by atoms with van der Waals surface area (Å²) in [6.07, 6.45) is 1.52. The number of nitrogens with zero attached hydrogens (tertiary/aromatic N) is 3. The normalized spacial score (nSPS) is 15.2. The smallest absolute Gasteiger partial charge is 0.303 e. The number of carbonyl (C=O) groups excluding carboxylic acids is 1. The monoisotopic (exact) mass is 626 g/mol. The topological polar surface area (TPSA) is 119 Å². The second-order valence-corrected chi connectivity index (χ2v) is 12.7. The Kier molecular flexibility index (Phi) is 9.07. The Morgan fingerprint density at radius 2 is 1.77 bits per heavy atom. The van der Waals surface area contributed by atoms with Gasteiger partial charge >= 0.3 is 5.97 Å². The standard InChI is InChI=1S/C29H31BrN4O5S/c1-33(2)15-16-34(40(3,38)39)23-11-9-22(10-12-23)31-28(20-6-4-5-19(17-20)7-14-26(35)36)27-24-13-8-21(30)18-25(24)32-29(27)37/h4-6,8-13,17-18,27H,7,14-16H2,1-3H3,(H,32,37)(H,35,36). The Morgan fingerprint density at radius 1 is 1.05 bits per heavy atom. The van der Waals surface area contributed by atoms with Gasteiger partial charge in [0.1, 0.15) is 5.92 Å². The molecule has 210 valence electrons. The van der Waals surface area contributed by atoms with Crippen LogP contribution < -0.4 is 9.62 Å². The lowest BCUT2D eigenvalue weighted by Gasteiger charge is -2.24. The molecule has 0 aliphatic carbocycles. The minimum Gasteiger partial charge on any atom is -0.481 e. The zero-order valence-corrected chi connectivity index (χ0v) is 24.9. The van der Waals surface area contributed by atoms with Crippen molar-refractivity contribution in [1.82, 2.24) is 4.90 Å². The molecule has 4 rings (SSSR count). The summed E-state index contributed by atoms with van der Waals surface area (Å²) in [7, 11) is 0.269. The minimum atomic E-state index is -3.49. The van der Waals surface area contributed by atoms with E-state index in [4.69, 9.17) is 10.1 Å². The zero-order chi connectivity index (χ0) is 29.0. The first-order chi connectivity index (χ1) is 18.9. The number of nitrogens with one attached hydrogen (secondary N) is 1. The van der Waals surface area contributed by atoms with Crippen LogP contribution in [-0.4, -0.2) is 69.5 Å². The van der Waals surface area contributed by atoms with Crippen LogP contribution in [0, 0.1) is 0 Å². The number of amides is 1. The number of halogens is 1. The Hall–Kier alpha value is -3.54. The first-order valence-electron chi connectivity index (χ1n) is 12.6. The molecule has 1 heterocycles. The number of anilines is 2. The number of sulfonamides is 1. The van der Waals surface area contributed by atoms with Gasteiger partial charge in [0.05, 0.1) is 23.3 Å². The van der Waals surface area contributed by atoms with Crippen molar-refractivity contribution in [1.29, 1.82) is 0 Å². The van der Waals surface area contributed by atoms with Crippen molar-refractivity contribution in [3.63, 3.8) is 0 Å². The van der Waals surface area contributed by atoms with Gasteiger partial charge in [-0.25, -0.2) is 8.42 Å². The first kappa shape index (κ1) is 29.4. The molecule has 0 fully saturated rings. The maximum absolute atomic E-state index is 13.3. The largest absolute Gasteiger partial charge is 0.481 e. The predicted molar refractivity (Wildman–Crippen MR) is 161 cm³/mol. The van der Waals surface area contributed by atoms with Crippen molar-refractivity contribution < 1.29 is 23.1 Å². The Morgan fingerprint density at radius 3 is 2.42 bits per heavy atom. The lowest BCUT2D eigenvalue weighted by atomic mass is 9.89. The fourth-order valence-electron chi connectivity index (χ4n) is 4.55. The molecule has 3 aromatic rings. The van der Waals surface area contributed by atoms with Crippen LogP contribution in [0.25, 0.3) is 0 Å². The van der Waals surface area contributed by atoms with Gasteiger partial charge in [-0.2, -0.15) is 0 Å². The van der Waals surface area contributed by atoms with Gasteiger partial charge in [-0.05, 0) is 79.7 Å².